The molecule has 2 aliphatic carbocycles. The molecule has 1 saturated heterocycles. The number of imide groups is 1. The Morgan fingerprint density at radius 2 is 1.75 bits per heavy atom. The molecule has 4 rings (SSSR count). The Hall–Kier alpha value is -1.94. The van der Waals surface area contributed by atoms with Crippen LogP contribution in [0, 0.1) is 23.7 Å². The van der Waals surface area contributed by atoms with Crippen molar-refractivity contribution in [3.63, 3.8) is 0 Å². The quantitative estimate of drug-likeness (QED) is 0.653. The van der Waals surface area contributed by atoms with Crippen LogP contribution in [0.2, 0.25) is 0 Å². The van der Waals surface area contributed by atoms with Crippen LogP contribution < -0.4 is 4.90 Å². The molecule has 2 fully saturated rings. The van der Waals surface area contributed by atoms with Gasteiger partial charge in [-0.1, -0.05) is 24.3 Å². The number of benzene rings is 1. The topological polar surface area (TPSA) is 57.6 Å². The number of amides is 2. The monoisotopic (exact) mass is 269 g/mol. The first-order valence-corrected chi connectivity index (χ1v) is 6.96. The lowest BCUT2D eigenvalue weighted by atomic mass is 9.85. The van der Waals surface area contributed by atoms with E-state index in [4.69, 9.17) is 0 Å². The van der Waals surface area contributed by atoms with Crippen LogP contribution in [0.1, 0.15) is 12.0 Å². The lowest BCUT2D eigenvalue weighted by Gasteiger charge is -2.17. The highest BCUT2D eigenvalue weighted by atomic mass is 16.3. The second-order valence-electron chi connectivity index (χ2n) is 5.84. The van der Waals surface area contributed by atoms with Gasteiger partial charge in [0.05, 0.1) is 24.1 Å². The molecule has 4 atom stereocenters. The summed E-state index contributed by atoms with van der Waals surface area (Å²) in [5.41, 5.74) is 1.29. The van der Waals surface area contributed by atoms with Gasteiger partial charge < -0.3 is 5.11 Å². The molecule has 2 bridgehead atoms. The van der Waals surface area contributed by atoms with E-state index in [0.29, 0.717) is 11.3 Å². The van der Waals surface area contributed by atoms with E-state index >= 15 is 0 Å². The summed E-state index contributed by atoms with van der Waals surface area (Å²) in [6.07, 6.45) is 5.12. The number of carbonyl (C=O) groups excluding carboxylic acids is 2. The zero-order valence-corrected chi connectivity index (χ0v) is 10.9. The fraction of sp³-hybridized carbons (Fsp3) is 0.375. The first-order chi connectivity index (χ1) is 9.70. The van der Waals surface area contributed by atoms with E-state index < -0.39 is 0 Å². The minimum Gasteiger partial charge on any atom is -0.392 e. The lowest BCUT2D eigenvalue weighted by molar-refractivity contribution is -0.123. The summed E-state index contributed by atoms with van der Waals surface area (Å²) < 4.78 is 0. The van der Waals surface area contributed by atoms with Crippen LogP contribution in [0.25, 0.3) is 0 Å². The van der Waals surface area contributed by atoms with E-state index in [1.165, 1.54) is 4.90 Å². The molecule has 1 aromatic carbocycles. The van der Waals surface area contributed by atoms with Crippen molar-refractivity contribution in [1.82, 2.24) is 0 Å². The van der Waals surface area contributed by atoms with Gasteiger partial charge in [-0.15, -0.1) is 0 Å². The molecule has 1 heterocycles. The molecule has 2 amide bonds. The van der Waals surface area contributed by atoms with Crippen LogP contribution in [-0.2, 0) is 16.2 Å². The van der Waals surface area contributed by atoms with Crippen LogP contribution >= 0.6 is 0 Å². The molecule has 20 heavy (non-hydrogen) atoms. The molecular weight excluding hydrogens is 254 g/mol. The minimum absolute atomic E-state index is 0.0769. The number of anilines is 1. The van der Waals surface area contributed by atoms with E-state index in [-0.39, 0.29) is 42.1 Å². The molecule has 4 heteroatoms. The van der Waals surface area contributed by atoms with Crippen LogP contribution in [0.3, 0.4) is 0 Å². The van der Waals surface area contributed by atoms with Gasteiger partial charge in [0, 0.05) is 0 Å². The molecule has 3 aliphatic rings. The fourth-order valence-electron chi connectivity index (χ4n) is 3.95. The molecule has 1 N–H and O–H groups in total. The van der Waals surface area contributed by atoms with Gasteiger partial charge in [-0.2, -0.15) is 0 Å². The van der Waals surface area contributed by atoms with Gasteiger partial charge in [0.2, 0.25) is 11.8 Å². The second-order valence-corrected chi connectivity index (χ2v) is 5.84. The summed E-state index contributed by atoms with van der Waals surface area (Å²) in [7, 11) is 0. The average molecular weight is 269 g/mol. The molecule has 0 spiro atoms. The Balaban J connectivity index is 1.74. The van der Waals surface area contributed by atoms with E-state index in [2.05, 4.69) is 12.2 Å². The van der Waals surface area contributed by atoms with E-state index in [1.54, 1.807) is 24.3 Å². The zero-order valence-electron chi connectivity index (χ0n) is 10.9. The first-order valence-electron chi connectivity index (χ1n) is 6.96. The summed E-state index contributed by atoms with van der Waals surface area (Å²) in [6.45, 7) is -0.0935. The van der Waals surface area contributed by atoms with Gasteiger partial charge >= 0.3 is 0 Å². The molecule has 1 aromatic rings. The third-order valence-electron chi connectivity index (χ3n) is 4.82. The van der Waals surface area contributed by atoms with Crippen LogP contribution in [0.15, 0.2) is 36.4 Å². The number of fused-ring (bicyclic) bond motifs is 5. The third-order valence-corrected chi connectivity index (χ3v) is 4.82. The molecule has 0 radical (unpaired) electrons. The highest BCUT2D eigenvalue weighted by Gasteiger charge is 2.59. The number of hydrogen-bond donors (Lipinski definition) is 1. The number of hydrogen-bond acceptors (Lipinski definition) is 3. The zero-order chi connectivity index (χ0) is 13.9. The van der Waals surface area contributed by atoms with Crippen molar-refractivity contribution in [2.45, 2.75) is 13.0 Å². The standard InChI is InChI=1S/C16H15NO3/c18-8-9-2-1-3-12(6-9)17-15(19)13-10-4-5-11(7-10)14(13)16(17)20/h1-6,10-11,13-14,18H,7-8H2. The van der Waals surface area contributed by atoms with Crippen molar-refractivity contribution in [3.05, 3.63) is 42.0 Å². The maximum absolute atomic E-state index is 12.6. The summed E-state index contributed by atoms with van der Waals surface area (Å²) in [5, 5.41) is 9.19. The van der Waals surface area contributed by atoms with Gasteiger partial charge in [-0.05, 0) is 36.0 Å². The van der Waals surface area contributed by atoms with Crippen molar-refractivity contribution in [3.8, 4) is 0 Å². The third kappa shape index (κ3) is 1.40. The van der Waals surface area contributed by atoms with Crippen molar-refractivity contribution in [2.24, 2.45) is 23.7 Å². The number of rotatable bonds is 2. The molecule has 0 aromatic heterocycles. The molecular formula is C16H15NO3. The smallest absolute Gasteiger partial charge is 0.238 e. The Bertz CT molecular complexity index is 606. The highest BCUT2D eigenvalue weighted by molar-refractivity contribution is 6.22. The van der Waals surface area contributed by atoms with Crippen LogP contribution in [-0.4, -0.2) is 16.9 Å². The molecule has 4 unspecified atom stereocenters. The molecule has 4 nitrogen and oxygen atoms in total. The predicted octanol–water partition coefficient (Wildman–Crippen LogP) is 1.49. The lowest BCUT2D eigenvalue weighted by Crippen LogP contribution is -2.32. The van der Waals surface area contributed by atoms with Gasteiger partial charge in [-0.3, -0.25) is 14.5 Å². The van der Waals surface area contributed by atoms with E-state index in [9.17, 15) is 14.7 Å². The second kappa shape index (κ2) is 4.03. The van der Waals surface area contributed by atoms with Gasteiger partial charge in [0.1, 0.15) is 0 Å². The summed E-state index contributed by atoms with van der Waals surface area (Å²) in [4.78, 5) is 26.5. The summed E-state index contributed by atoms with van der Waals surface area (Å²) in [5.74, 6) is -0.0376. The molecule has 1 aliphatic heterocycles. The maximum atomic E-state index is 12.6. The summed E-state index contributed by atoms with van der Waals surface area (Å²) >= 11 is 0. The maximum Gasteiger partial charge on any atom is 0.238 e. The Labute approximate surface area is 116 Å². The number of aliphatic hydroxyl groups is 1. The summed E-state index contributed by atoms with van der Waals surface area (Å²) in [6, 6.07) is 7.01. The van der Waals surface area contributed by atoms with Crippen molar-refractivity contribution < 1.29 is 14.7 Å². The van der Waals surface area contributed by atoms with E-state index in [0.717, 1.165) is 6.42 Å². The van der Waals surface area contributed by atoms with Gasteiger partial charge in [0.25, 0.3) is 0 Å². The fourth-order valence-corrected chi connectivity index (χ4v) is 3.95. The molecule has 1 saturated carbocycles. The van der Waals surface area contributed by atoms with Crippen molar-refractivity contribution >= 4 is 17.5 Å². The SMILES string of the molecule is O=C1C2C3C=CC(C3)C2C(=O)N1c1cccc(CO)c1. The largest absolute Gasteiger partial charge is 0.392 e. The Morgan fingerprint density at radius 1 is 1.10 bits per heavy atom. The normalized spacial score (nSPS) is 34.1. The van der Waals surface area contributed by atoms with Crippen molar-refractivity contribution in [2.75, 3.05) is 4.90 Å². The number of allylic oxidation sites excluding steroid dienone is 2. The van der Waals surface area contributed by atoms with Crippen molar-refractivity contribution in [1.29, 1.82) is 0 Å². The van der Waals surface area contributed by atoms with Gasteiger partial charge in [0.15, 0.2) is 0 Å². The van der Waals surface area contributed by atoms with Crippen LogP contribution in [0.4, 0.5) is 5.69 Å². The number of nitrogens with zero attached hydrogens (tertiary/aromatic N) is 1. The molecule has 102 valence electrons. The minimum atomic E-state index is -0.171. The number of aliphatic hydroxyl groups excluding tert-OH is 1. The highest BCUT2D eigenvalue weighted by Crippen LogP contribution is 2.53. The average Bonchev–Trinajstić information content (AvgIpc) is 3.13. The Morgan fingerprint density at radius 3 is 2.35 bits per heavy atom. The first kappa shape index (κ1) is 11.9. The van der Waals surface area contributed by atoms with Crippen LogP contribution in [0.5, 0.6) is 0 Å². The number of carbonyl (C=O) groups is 2. The predicted molar refractivity (Wildman–Crippen MR) is 72.6 cm³/mol. The van der Waals surface area contributed by atoms with E-state index in [1.807, 2.05) is 0 Å². The van der Waals surface area contributed by atoms with Gasteiger partial charge in [-0.25, -0.2) is 0 Å². The Kier molecular flexibility index (Phi) is 2.39.